The van der Waals surface area contributed by atoms with Gasteiger partial charge >= 0.3 is 0 Å². The Morgan fingerprint density at radius 3 is 2.61 bits per heavy atom. The second-order valence-corrected chi connectivity index (χ2v) is 8.97. The zero-order chi connectivity index (χ0) is 21.5. The summed E-state index contributed by atoms with van der Waals surface area (Å²) in [4.78, 5) is 19.5. The molecule has 1 N–H and O–H groups in total. The van der Waals surface area contributed by atoms with Crippen molar-refractivity contribution in [1.82, 2.24) is 15.2 Å². The number of nitrogens with zero attached hydrogens (tertiary/aromatic N) is 2. The molecule has 3 aromatic rings. The molecule has 0 aliphatic carbocycles. The van der Waals surface area contributed by atoms with Crippen LogP contribution in [0.5, 0.6) is 5.75 Å². The summed E-state index contributed by atoms with van der Waals surface area (Å²) in [6.07, 6.45) is 1.79. The van der Waals surface area contributed by atoms with Crippen LogP contribution in [-0.4, -0.2) is 42.0 Å². The molecule has 0 spiro atoms. The van der Waals surface area contributed by atoms with E-state index in [4.69, 9.17) is 4.74 Å². The number of carbonyl (C=O) groups is 1. The number of piperidine rings is 1. The van der Waals surface area contributed by atoms with E-state index in [1.807, 2.05) is 43.3 Å². The Balaban J connectivity index is 1.19. The summed E-state index contributed by atoms with van der Waals surface area (Å²) in [5.41, 5.74) is 3.33. The molecule has 5 nitrogen and oxygen atoms in total. The second kappa shape index (κ2) is 10.6. The molecule has 2 aromatic carbocycles. The minimum absolute atomic E-state index is 0.0880. The molecule has 1 aromatic heterocycles. The maximum Gasteiger partial charge on any atom is 0.223 e. The van der Waals surface area contributed by atoms with Gasteiger partial charge in [0, 0.05) is 23.4 Å². The summed E-state index contributed by atoms with van der Waals surface area (Å²) >= 11 is 1.69. The zero-order valence-electron chi connectivity index (χ0n) is 17.9. The predicted octanol–water partition coefficient (Wildman–Crippen LogP) is 4.53. The van der Waals surface area contributed by atoms with Gasteiger partial charge in [-0.1, -0.05) is 48.5 Å². The lowest BCUT2D eigenvalue weighted by Gasteiger charge is -2.30. The van der Waals surface area contributed by atoms with Crippen LogP contribution in [0.25, 0.3) is 11.1 Å². The number of hydrogen-bond donors (Lipinski definition) is 1. The van der Waals surface area contributed by atoms with E-state index < -0.39 is 0 Å². The van der Waals surface area contributed by atoms with E-state index in [2.05, 4.69) is 38.8 Å². The van der Waals surface area contributed by atoms with Crippen LogP contribution in [0.3, 0.4) is 0 Å². The maximum atomic E-state index is 12.6. The number of ether oxygens (including phenoxy) is 1. The van der Waals surface area contributed by atoms with E-state index in [0.717, 1.165) is 60.1 Å². The summed E-state index contributed by atoms with van der Waals surface area (Å²) in [6, 6.07) is 18.2. The van der Waals surface area contributed by atoms with E-state index in [1.165, 1.54) is 0 Å². The highest BCUT2D eigenvalue weighted by molar-refractivity contribution is 7.09. The van der Waals surface area contributed by atoms with Gasteiger partial charge in [-0.2, -0.15) is 0 Å². The average Bonchev–Trinajstić information content (AvgIpc) is 3.22. The Morgan fingerprint density at radius 2 is 1.87 bits per heavy atom. The molecule has 0 unspecified atom stereocenters. The van der Waals surface area contributed by atoms with Gasteiger partial charge in [0.1, 0.15) is 12.4 Å². The molecule has 31 heavy (non-hydrogen) atoms. The van der Waals surface area contributed by atoms with Gasteiger partial charge in [0.2, 0.25) is 5.91 Å². The minimum atomic E-state index is 0.0880. The molecule has 6 heteroatoms. The number of hydrogen-bond acceptors (Lipinski definition) is 5. The molecule has 0 bridgehead atoms. The molecule has 0 saturated carbocycles. The van der Waals surface area contributed by atoms with Crippen LogP contribution in [0, 0.1) is 12.8 Å². The lowest BCUT2D eigenvalue weighted by atomic mass is 9.96. The van der Waals surface area contributed by atoms with Gasteiger partial charge in [-0.3, -0.25) is 9.69 Å². The van der Waals surface area contributed by atoms with Crippen LogP contribution in [0.2, 0.25) is 0 Å². The van der Waals surface area contributed by atoms with Crippen molar-refractivity contribution in [3.05, 3.63) is 70.7 Å². The normalized spacial score (nSPS) is 15.0. The third-order valence-electron chi connectivity index (χ3n) is 5.64. The van der Waals surface area contributed by atoms with Crippen molar-refractivity contribution in [2.75, 3.05) is 26.2 Å². The third-order valence-corrected chi connectivity index (χ3v) is 6.46. The molecule has 1 amide bonds. The Hall–Kier alpha value is -2.70. The van der Waals surface area contributed by atoms with E-state index in [0.29, 0.717) is 13.2 Å². The Labute approximate surface area is 188 Å². The van der Waals surface area contributed by atoms with Crippen LogP contribution in [0.15, 0.2) is 60.0 Å². The van der Waals surface area contributed by atoms with Gasteiger partial charge in [-0.25, -0.2) is 4.98 Å². The smallest absolute Gasteiger partial charge is 0.223 e. The molecular weight excluding hydrogens is 406 g/mol. The highest BCUT2D eigenvalue weighted by Crippen LogP contribution is 2.29. The molecule has 0 atom stereocenters. The zero-order valence-corrected chi connectivity index (χ0v) is 18.7. The van der Waals surface area contributed by atoms with Gasteiger partial charge in [0.25, 0.3) is 0 Å². The van der Waals surface area contributed by atoms with Crippen LogP contribution in [0.1, 0.15) is 23.5 Å². The van der Waals surface area contributed by atoms with Crippen molar-refractivity contribution in [3.8, 4) is 16.9 Å². The molecule has 2 heterocycles. The van der Waals surface area contributed by atoms with Crippen molar-refractivity contribution in [2.24, 2.45) is 5.92 Å². The van der Waals surface area contributed by atoms with Crippen LogP contribution < -0.4 is 10.1 Å². The van der Waals surface area contributed by atoms with E-state index in [-0.39, 0.29) is 11.8 Å². The quantitative estimate of drug-likeness (QED) is 0.529. The Kier molecular flexibility index (Phi) is 7.33. The van der Waals surface area contributed by atoms with E-state index in [1.54, 1.807) is 11.3 Å². The number of rotatable bonds is 8. The molecule has 1 saturated heterocycles. The third kappa shape index (κ3) is 5.93. The fourth-order valence-corrected chi connectivity index (χ4v) is 4.60. The molecular formula is C25H29N3O2S. The van der Waals surface area contributed by atoms with Crippen molar-refractivity contribution in [3.63, 3.8) is 0 Å². The van der Waals surface area contributed by atoms with Gasteiger partial charge in [0.05, 0.1) is 17.2 Å². The lowest BCUT2D eigenvalue weighted by molar-refractivity contribution is -0.126. The maximum absolute atomic E-state index is 12.6. The number of para-hydroxylation sites is 1. The summed E-state index contributed by atoms with van der Waals surface area (Å²) in [5, 5.41) is 6.29. The number of benzene rings is 2. The van der Waals surface area contributed by atoms with Crippen molar-refractivity contribution >= 4 is 17.2 Å². The largest absolute Gasteiger partial charge is 0.491 e. The Morgan fingerprint density at radius 1 is 1.13 bits per heavy atom. The summed E-state index contributed by atoms with van der Waals surface area (Å²) in [5.74, 6) is 1.07. The number of thiazole rings is 1. The lowest BCUT2D eigenvalue weighted by Crippen LogP contribution is -2.41. The van der Waals surface area contributed by atoms with Crippen LogP contribution >= 0.6 is 11.3 Å². The Bertz CT molecular complexity index is 981. The van der Waals surface area contributed by atoms with Crippen molar-refractivity contribution in [2.45, 2.75) is 26.3 Å². The molecule has 162 valence electrons. The number of aromatic nitrogens is 1. The first-order chi connectivity index (χ1) is 15.2. The number of amides is 1. The molecule has 4 rings (SSSR count). The highest BCUT2D eigenvalue weighted by Gasteiger charge is 2.25. The summed E-state index contributed by atoms with van der Waals surface area (Å²) in [6.45, 7) is 5.77. The SMILES string of the molecule is Cc1nc(CN2CCC(C(=O)NCCOc3ccccc3-c3ccccc3)CC2)cs1. The van der Waals surface area contributed by atoms with Gasteiger partial charge in [0.15, 0.2) is 0 Å². The number of nitrogens with one attached hydrogen (secondary N) is 1. The first-order valence-corrected chi connectivity index (χ1v) is 11.8. The van der Waals surface area contributed by atoms with Crippen LogP contribution in [0.4, 0.5) is 0 Å². The average molecular weight is 436 g/mol. The summed E-state index contributed by atoms with van der Waals surface area (Å²) < 4.78 is 5.99. The van der Waals surface area contributed by atoms with Crippen molar-refractivity contribution in [1.29, 1.82) is 0 Å². The van der Waals surface area contributed by atoms with Crippen LogP contribution in [-0.2, 0) is 11.3 Å². The minimum Gasteiger partial charge on any atom is -0.491 e. The number of carbonyl (C=O) groups excluding carboxylic acids is 1. The molecule has 1 fully saturated rings. The van der Waals surface area contributed by atoms with Gasteiger partial charge in [-0.05, 0) is 44.5 Å². The van der Waals surface area contributed by atoms with E-state index in [9.17, 15) is 4.79 Å². The summed E-state index contributed by atoms with van der Waals surface area (Å²) in [7, 11) is 0. The van der Waals surface area contributed by atoms with Gasteiger partial charge in [-0.15, -0.1) is 11.3 Å². The highest BCUT2D eigenvalue weighted by atomic mass is 32.1. The topological polar surface area (TPSA) is 54.5 Å². The first-order valence-electron chi connectivity index (χ1n) is 10.9. The predicted molar refractivity (Wildman–Crippen MR) is 125 cm³/mol. The number of likely N-dealkylation sites (tertiary alicyclic amines) is 1. The van der Waals surface area contributed by atoms with E-state index >= 15 is 0 Å². The standard InChI is InChI=1S/C25H29N3O2S/c1-19-27-22(18-31-19)17-28-14-11-21(12-15-28)25(29)26-13-16-30-24-10-6-5-9-23(24)20-7-3-2-4-8-20/h2-10,18,21H,11-17H2,1H3,(H,26,29). The van der Waals surface area contributed by atoms with Crippen molar-refractivity contribution < 1.29 is 9.53 Å². The fourth-order valence-electron chi connectivity index (χ4n) is 3.99. The second-order valence-electron chi connectivity index (χ2n) is 7.91. The monoisotopic (exact) mass is 435 g/mol. The molecule has 1 aliphatic heterocycles. The first kappa shape index (κ1) is 21.5. The molecule has 1 aliphatic rings. The molecule has 0 radical (unpaired) electrons. The number of aryl methyl sites for hydroxylation is 1. The van der Waals surface area contributed by atoms with Gasteiger partial charge < -0.3 is 10.1 Å². The fraction of sp³-hybridized carbons (Fsp3) is 0.360.